The van der Waals surface area contributed by atoms with Gasteiger partial charge in [0.15, 0.2) is 0 Å². The fraction of sp³-hybridized carbons (Fsp3) is 0.556. The summed E-state index contributed by atoms with van der Waals surface area (Å²) in [5.41, 5.74) is 3.03. The van der Waals surface area contributed by atoms with Crippen molar-refractivity contribution >= 4 is 10.8 Å². The fourth-order valence-electron chi connectivity index (χ4n) is 5.79. The molecule has 0 unspecified atom stereocenters. The van der Waals surface area contributed by atoms with Crippen LogP contribution in [0.1, 0.15) is 82.3 Å². The Bertz CT molecular complexity index is 768. The van der Waals surface area contributed by atoms with Gasteiger partial charge in [-0.25, -0.2) is 0 Å². The smallest absolute Gasteiger partial charge is 0.0162 e. The van der Waals surface area contributed by atoms with Gasteiger partial charge in [-0.15, -0.1) is 0 Å². The minimum atomic E-state index is 0.788. The first-order valence-electron chi connectivity index (χ1n) is 11.4. The molecular formula is C27H36. The van der Waals surface area contributed by atoms with Gasteiger partial charge in [-0.2, -0.15) is 0 Å². The van der Waals surface area contributed by atoms with Crippen LogP contribution in [0.2, 0.25) is 0 Å². The zero-order valence-corrected chi connectivity index (χ0v) is 17.3. The number of hydrogen-bond donors (Lipinski definition) is 0. The van der Waals surface area contributed by atoms with Crippen LogP contribution in [-0.2, 0) is 6.42 Å². The van der Waals surface area contributed by atoms with Crippen LogP contribution in [0.15, 0.2) is 48.6 Å². The molecule has 0 atom stereocenters. The summed E-state index contributed by atoms with van der Waals surface area (Å²) in [7, 11) is 0. The van der Waals surface area contributed by atoms with Crippen LogP contribution in [0.5, 0.6) is 0 Å². The monoisotopic (exact) mass is 360 g/mol. The molecule has 0 saturated heterocycles. The van der Waals surface area contributed by atoms with E-state index in [9.17, 15) is 0 Å². The molecule has 2 aliphatic rings. The van der Waals surface area contributed by atoms with E-state index in [1.807, 2.05) is 0 Å². The van der Waals surface area contributed by atoms with Crippen LogP contribution >= 0.6 is 0 Å². The molecule has 27 heavy (non-hydrogen) atoms. The number of rotatable bonds is 4. The van der Waals surface area contributed by atoms with Crippen molar-refractivity contribution in [1.82, 2.24) is 0 Å². The van der Waals surface area contributed by atoms with E-state index >= 15 is 0 Å². The number of fused-ring (bicyclic) bond motifs is 1. The van der Waals surface area contributed by atoms with Crippen molar-refractivity contribution in [2.45, 2.75) is 77.6 Å². The molecule has 144 valence electrons. The molecule has 4 rings (SSSR count). The molecule has 0 amide bonds. The lowest BCUT2D eigenvalue weighted by Crippen LogP contribution is -2.25. The fourth-order valence-corrected chi connectivity index (χ4v) is 5.79. The highest BCUT2D eigenvalue weighted by Gasteiger charge is 2.30. The van der Waals surface area contributed by atoms with Gasteiger partial charge in [0.05, 0.1) is 0 Å². The SMILES string of the molecule is C/C=C/C1CCC(C2CCC(c3ccc4cc(CC)ccc4c3)CC2)CC1. The van der Waals surface area contributed by atoms with Crippen molar-refractivity contribution in [3.8, 4) is 0 Å². The molecule has 0 nitrogen and oxygen atoms in total. The van der Waals surface area contributed by atoms with Gasteiger partial charge in [-0.3, -0.25) is 0 Å². The second-order valence-corrected chi connectivity index (χ2v) is 9.11. The van der Waals surface area contributed by atoms with Crippen LogP contribution in [0.4, 0.5) is 0 Å². The van der Waals surface area contributed by atoms with E-state index in [4.69, 9.17) is 0 Å². The lowest BCUT2D eigenvalue weighted by molar-refractivity contribution is 0.171. The Balaban J connectivity index is 1.36. The van der Waals surface area contributed by atoms with Crippen LogP contribution in [0, 0.1) is 17.8 Å². The maximum absolute atomic E-state index is 2.47. The summed E-state index contributed by atoms with van der Waals surface area (Å²) in [5.74, 6) is 3.67. The number of hydrogen-bond acceptors (Lipinski definition) is 0. The first-order chi connectivity index (χ1) is 13.3. The van der Waals surface area contributed by atoms with Crippen molar-refractivity contribution in [1.29, 1.82) is 0 Å². The van der Waals surface area contributed by atoms with Crippen molar-refractivity contribution in [3.05, 3.63) is 59.7 Å². The summed E-state index contributed by atoms with van der Waals surface area (Å²) in [6.45, 7) is 4.41. The van der Waals surface area contributed by atoms with Crippen LogP contribution in [-0.4, -0.2) is 0 Å². The first kappa shape index (κ1) is 18.8. The zero-order valence-electron chi connectivity index (χ0n) is 17.3. The Morgan fingerprint density at radius 1 is 0.778 bits per heavy atom. The lowest BCUT2D eigenvalue weighted by Gasteiger charge is -2.37. The molecule has 0 heterocycles. The summed E-state index contributed by atoms with van der Waals surface area (Å²) in [6, 6.07) is 14.2. The van der Waals surface area contributed by atoms with E-state index in [0.717, 1.165) is 30.1 Å². The number of aryl methyl sites for hydroxylation is 1. The van der Waals surface area contributed by atoms with Crippen molar-refractivity contribution < 1.29 is 0 Å². The quantitative estimate of drug-likeness (QED) is 0.484. The predicted octanol–water partition coefficient (Wildman–Crippen LogP) is 8.06. The second-order valence-electron chi connectivity index (χ2n) is 9.11. The average Bonchev–Trinajstić information content (AvgIpc) is 2.74. The summed E-state index contributed by atoms with van der Waals surface area (Å²) in [4.78, 5) is 0. The Kier molecular flexibility index (Phi) is 6.01. The molecule has 0 bridgehead atoms. The molecule has 2 aromatic carbocycles. The van der Waals surface area contributed by atoms with Gasteiger partial charge in [0.25, 0.3) is 0 Å². The highest BCUT2D eigenvalue weighted by molar-refractivity contribution is 5.84. The summed E-state index contributed by atoms with van der Waals surface area (Å²) < 4.78 is 0. The molecule has 0 radical (unpaired) electrons. The third kappa shape index (κ3) is 4.31. The highest BCUT2D eigenvalue weighted by Crippen LogP contribution is 2.44. The lowest BCUT2D eigenvalue weighted by atomic mass is 9.68. The molecule has 0 aromatic heterocycles. The van der Waals surface area contributed by atoms with E-state index < -0.39 is 0 Å². The highest BCUT2D eigenvalue weighted by atomic mass is 14.4. The van der Waals surface area contributed by atoms with E-state index in [1.54, 1.807) is 5.56 Å². The van der Waals surface area contributed by atoms with Gasteiger partial charge in [0.1, 0.15) is 0 Å². The molecule has 0 N–H and O–H groups in total. The Hall–Kier alpha value is -1.56. The van der Waals surface area contributed by atoms with Crippen molar-refractivity contribution in [2.75, 3.05) is 0 Å². The van der Waals surface area contributed by atoms with E-state index in [0.29, 0.717) is 0 Å². The van der Waals surface area contributed by atoms with E-state index in [1.165, 1.54) is 67.7 Å². The molecule has 0 aliphatic heterocycles. The van der Waals surface area contributed by atoms with Crippen molar-refractivity contribution in [3.63, 3.8) is 0 Å². The molecule has 0 heteroatoms. The van der Waals surface area contributed by atoms with Gasteiger partial charge in [0, 0.05) is 0 Å². The molecule has 2 fully saturated rings. The topological polar surface area (TPSA) is 0 Å². The molecule has 0 spiro atoms. The standard InChI is InChI=1S/C27H36/c1-3-5-21-7-9-22(10-8-21)23-12-14-24(15-13-23)26-17-16-25-18-20(4-2)6-11-27(25)19-26/h3,5-6,11,16-19,21-24H,4,7-10,12-15H2,1-2H3/b5-3+. The average molecular weight is 361 g/mol. The maximum Gasteiger partial charge on any atom is -0.0162 e. The third-order valence-corrected chi connectivity index (χ3v) is 7.53. The Morgan fingerprint density at radius 3 is 2.07 bits per heavy atom. The van der Waals surface area contributed by atoms with Crippen LogP contribution < -0.4 is 0 Å². The number of benzene rings is 2. The first-order valence-corrected chi connectivity index (χ1v) is 11.4. The van der Waals surface area contributed by atoms with Gasteiger partial charge in [0.2, 0.25) is 0 Å². The Labute approximate surface area is 166 Å². The van der Waals surface area contributed by atoms with E-state index in [2.05, 4.69) is 62.4 Å². The van der Waals surface area contributed by atoms with Gasteiger partial charge in [-0.05, 0) is 110 Å². The summed E-state index contributed by atoms with van der Waals surface area (Å²) >= 11 is 0. The zero-order chi connectivity index (χ0) is 18.6. The number of allylic oxidation sites excluding steroid dienone is 2. The van der Waals surface area contributed by atoms with Crippen molar-refractivity contribution in [2.24, 2.45) is 17.8 Å². The van der Waals surface area contributed by atoms with Crippen LogP contribution in [0.3, 0.4) is 0 Å². The van der Waals surface area contributed by atoms with Crippen LogP contribution in [0.25, 0.3) is 10.8 Å². The molecule has 2 saturated carbocycles. The predicted molar refractivity (Wildman–Crippen MR) is 118 cm³/mol. The maximum atomic E-state index is 2.47. The summed E-state index contributed by atoms with van der Waals surface area (Å²) in [6.07, 6.45) is 17.3. The molecule has 2 aromatic rings. The molecular weight excluding hydrogens is 324 g/mol. The van der Waals surface area contributed by atoms with E-state index in [-0.39, 0.29) is 0 Å². The molecule has 2 aliphatic carbocycles. The normalized spacial score (nSPS) is 29.4. The largest absolute Gasteiger partial charge is 0.0914 e. The minimum absolute atomic E-state index is 0.788. The van der Waals surface area contributed by atoms with Gasteiger partial charge < -0.3 is 0 Å². The van der Waals surface area contributed by atoms with Gasteiger partial charge in [-0.1, -0.05) is 55.5 Å². The Morgan fingerprint density at radius 2 is 1.41 bits per heavy atom. The minimum Gasteiger partial charge on any atom is -0.0914 e. The summed E-state index contributed by atoms with van der Waals surface area (Å²) in [5, 5.41) is 2.83. The van der Waals surface area contributed by atoms with Gasteiger partial charge >= 0.3 is 0 Å². The third-order valence-electron chi connectivity index (χ3n) is 7.53. The second kappa shape index (κ2) is 8.63.